The van der Waals surface area contributed by atoms with Crippen LogP contribution in [-0.2, 0) is 15.9 Å². The predicted octanol–water partition coefficient (Wildman–Crippen LogP) is 3.79. The molecule has 2 atom stereocenters. The molecule has 4 N–H and O–H groups in total. The molecule has 6 nitrogen and oxygen atoms in total. The third-order valence-electron chi connectivity index (χ3n) is 4.20. The van der Waals surface area contributed by atoms with Gasteiger partial charge in [-0.2, -0.15) is 0 Å². The Labute approximate surface area is 163 Å². The fraction of sp³-hybridized carbons (Fsp3) is 0.0952. The van der Waals surface area contributed by atoms with Crippen molar-refractivity contribution in [1.82, 2.24) is 5.32 Å². The molecule has 0 aliphatic carbocycles. The topological polar surface area (TPSA) is 102 Å². The molecule has 3 rings (SSSR count). The molecule has 3 aromatic carbocycles. The van der Waals surface area contributed by atoms with Gasteiger partial charge in [-0.1, -0.05) is 60.7 Å². The number of alkyl carbamates (subject to hydrolysis) is 1. The predicted molar refractivity (Wildman–Crippen MR) is 109 cm³/mol. The first-order valence-corrected chi connectivity index (χ1v) is 10.4. The summed E-state index contributed by atoms with van der Waals surface area (Å²) in [6.45, 7) is 0.0577. The summed E-state index contributed by atoms with van der Waals surface area (Å²) in [5.74, 6) is -1.17. The van der Waals surface area contributed by atoms with Gasteiger partial charge in [0, 0.05) is 11.0 Å². The van der Waals surface area contributed by atoms with E-state index in [1.807, 2.05) is 30.3 Å². The van der Waals surface area contributed by atoms with E-state index < -0.39 is 19.2 Å². The van der Waals surface area contributed by atoms with Gasteiger partial charge < -0.3 is 20.7 Å². The van der Waals surface area contributed by atoms with Crippen molar-refractivity contribution in [3.63, 3.8) is 0 Å². The molecule has 1 amide bonds. The van der Waals surface area contributed by atoms with Crippen LogP contribution in [0.15, 0.2) is 84.9 Å². The zero-order chi connectivity index (χ0) is 20.0. The average molecular weight is 396 g/mol. The van der Waals surface area contributed by atoms with E-state index >= 15 is 0 Å². The zero-order valence-electron chi connectivity index (χ0n) is 15.1. The van der Waals surface area contributed by atoms with Crippen molar-refractivity contribution < 1.29 is 19.0 Å². The molecule has 0 spiro atoms. The van der Waals surface area contributed by atoms with Gasteiger partial charge in [-0.05, 0) is 35.4 Å². The van der Waals surface area contributed by atoms with Crippen LogP contribution in [0.5, 0.6) is 0 Å². The highest BCUT2D eigenvalue weighted by Crippen LogP contribution is 2.53. The van der Waals surface area contributed by atoms with E-state index in [0.717, 1.165) is 5.56 Å². The lowest BCUT2D eigenvalue weighted by molar-refractivity contribution is 0.138. The maximum Gasteiger partial charge on any atom is 0.408 e. The molecular formula is C21H21N2O4P. The van der Waals surface area contributed by atoms with Crippen LogP contribution in [0.1, 0.15) is 16.9 Å². The Bertz CT molecular complexity index is 963. The molecule has 0 heterocycles. The van der Waals surface area contributed by atoms with Gasteiger partial charge in [0.1, 0.15) is 12.4 Å². The third kappa shape index (κ3) is 4.80. The first-order chi connectivity index (χ1) is 13.5. The van der Waals surface area contributed by atoms with E-state index in [1.54, 1.807) is 54.6 Å². The molecule has 0 aliphatic heterocycles. The van der Waals surface area contributed by atoms with E-state index in [9.17, 15) is 14.3 Å². The van der Waals surface area contributed by atoms with Crippen LogP contribution in [0.2, 0.25) is 0 Å². The average Bonchev–Trinajstić information content (AvgIpc) is 2.72. The van der Waals surface area contributed by atoms with Crippen molar-refractivity contribution >= 4 is 24.5 Å². The van der Waals surface area contributed by atoms with E-state index in [0.29, 0.717) is 11.3 Å². The highest BCUT2D eigenvalue weighted by Gasteiger charge is 2.36. The normalized spacial score (nSPS) is 13.9. The van der Waals surface area contributed by atoms with Gasteiger partial charge in [0.15, 0.2) is 0 Å². The van der Waals surface area contributed by atoms with Crippen molar-refractivity contribution in [1.29, 1.82) is 0 Å². The van der Waals surface area contributed by atoms with Crippen LogP contribution in [0.4, 0.5) is 10.5 Å². The number of benzene rings is 3. The number of nitrogens with two attached hydrogens (primary N) is 1. The van der Waals surface area contributed by atoms with Crippen molar-refractivity contribution in [3.8, 4) is 0 Å². The maximum absolute atomic E-state index is 13.3. The summed E-state index contributed by atoms with van der Waals surface area (Å²) in [6.07, 6.45) is -0.782. The SMILES string of the molecule is Nc1ccc(C(NC(=O)OCc2ccccc2)P(=O)(O)c2ccccc2)cc1. The Morgan fingerprint density at radius 1 is 0.964 bits per heavy atom. The summed E-state index contributed by atoms with van der Waals surface area (Å²) in [5.41, 5.74) is 7.51. The molecule has 144 valence electrons. The minimum atomic E-state index is -3.99. The van der Waals surface area contributed by atoms with E-state index in [4.69, 9.17) is 10.5 Å². The number of hydrogen-bond acceptors (Lipinski definition) is 4. The quantitative estimate of drug-likeness (QED) is 0.435. The maximum atomic E-state index is 13.3. The van der Waals surface area contributed by atoms with Gasteiger partial charge in [0.2, 0.25) is 0 Å². The molecule has 0 aliphatic rings. The second-order valence-electron chi connectivity index (χ2n) is 6.23. The van der Waals surface area contributed by atoms with E-state index in [-0.39, 0.29) is 11.9 Å². The Morgan fingerprint density at radius 2 is 1.54 bits per heavy atom. The Hall–Kier alpha value is -3.08. The number of carbonyl (C=O) groups excluding carboxylic acids is 1. The van der Waals surface area contributed by atoms with Crippen LogP contribution >= 0.6 is 7.37 Å². The number of carbonyl (C=O) groups is 1. The molecule has 0 saturated heterocycles. The van der Waals surface area contributed by atoms with Crippen LogP contribution in [0, 0.1) is 0 Å². The lowest BCUT2D eigenvalue weighted by Gasteiger charge is -2.24. The number of rotatable bonds is 6. The van der Waals surface area contributed by atoms with Crippen molar-refractivity contribution in [3.05, 3.63) is 96.1 Å². The van der Waals surface area contributed by atoms with Gasteiger partial charge in [-0.15, -0.1) is 0 Å². The summed E-state index contributed by atoms with van der Waals surface area (Å²) in [4.78, 5) is 23.2. The third-order valence-corrected chi connectivity index (χ3v) is 6.36. The Morgan fingerprint density at radius 3 is 2.14 bits per heavy atom. The van der Waals surface area contributed by atoms with Gasteiger partial charge in [0.25, 0.3) is 7.37 Å². The zero-order valence-corrected chi connectivity index (χ0v) is 16.0. The fourth-order valence-corrected chi connectivity index (χ4v) is 4.47. The van der Waals surface area contributed by atoms with E-state index in [1.165, 1.54) is 0 Å². The van der Waals surface area contributed by atoms with Crippen LogP contribution in [0.3, 0.4) is 0 Å². The number of nitrogens with one attached hydrogen (secondary N) is 1. The van der Waals surface area contributed by atoms with Crippen molar-refractivity contribution in [2.24, 2.45) is 0 Å². The summed E-state index contributed by atoms with van der Waals surface area (Å²) in [6, 6.07) is 23.9. The Balaban J connectivity index is 1.83. The molecule has 0 bridgehead atoms. The summed E-state index contributed by atoms with van der Waals surface area (Å²) in [7, 11) is -3.99. The van der Waals surface area contributed by atoms with Crippen LogP contribution in [-0.4, -0.2) is 11.0 Å². The minimum absolute atomic E-state index is 0.0577. The summed E-state index contributed by atoms with van der Waals surface area (Å²) in [5, 5.41) is 2.78. The van der Waals surface area contributed by atoms with Gasteiger partial charge in [-0.3, -0.25) is 4.57 Å². The lowest BCUT2D eigenvalue weighted by Crippen LogP contribution is -2.31. The Kier molecular flexibility index (Phi) is 6.14. The molecule has 2 unspecified atom stereocenters. The minimum Gasteiger partial charge on any atom is -0.445 e. The highest BCUT2D eigenvalue weighted by molar-refractivity contribution is 7.66. The summed E-state index contributed by atoms with van der Waals surface area (Å²) >= 11 is 0. The largest absolute Gasteiger partial charge is 0.445 e. The number of nitrogen functional groups attached to an aromatic ring is 1. The molecule has 28 heavy (non-hydrogen) atoms. The van der Waals surface area contributed by atoms with Gasteiger partial charge in [-0.25, -0.2) is 4.79 Å². The first-order valence-electron chi connectivity index (χ1n) is 8.67. The first kappa shape index (κ1) is 19.7. The van der Waals surface area contributed by atoms with Crippen molar-refractivity contribution in [2.75, 3.05) is 5.73 Å². The molecule has 0 saturated carbocycles. The lowest BCUT2D eigenvalue weighted by atomic mass is 10.2. The molecular weight excluding hydrogens is 375 g/mol. The molecule has 0 aromatic heterocycles. The highest BCUT2D eigenvalue weighted by atomic mass is 31.2. The monoisotopic (exact) mass is 396 g/mol. The summed E-state index contributed by atoms with van der Waals surface area (Å²) < 4.78 is 18.5. The van der Waals surface area contributed by atoms with Gasteiger partial charge >= 0.3 is 6.09 Å². The van der Waals surface area contributed by atoms with E-state index in [2.05, 4.69) is 5.32 Å². The molecule has 0 fully saturated rings. The van der Waals surface area contributed by atoms with Crippen molar-refractivity contribution in [2.45, 2.75) is 12.4 Å². The smallest absolute Gasteiger partial charge is 0.408 e. The van der Waals surface area contributed by atoms with Gasteiger partial charge in [0.05, 0.1) is 0 Å². The van der Waals surface area contributed by atoms with Crippen LogP contribution < -0.4 is 16.4 Å². The standard InChI is InChI=1S/C21H21N2O4P/c22-18-13-11-17(12-14-18)20(28(25,26)19-9-5-2-6-10-19)23-21(24)27-15-16-7-3-1-4-8-16/h1-14,20H,15,22H2,(H,23,24)(H,25,26). The molecule has 7 heteroatoms. The fourth-order valence-electron chi connectivity index (χ4n) is 2.72. The molecule has 0 radical (unpaired) electrons. The second-order valence-corrected chi connectivity index (χ2v) is 8.51. The second kappa shape index (κ2) is 8.74. The number of ether oxygens (including phenoxy) is 1. The number of anilines is 1. The number of hydrogen-bond donors (Lipinski definition) is 3. The van der Waals surface area contributed by atoms with Crippen LogP contribution in [0.25, 0.3) is 0 Å². The molecule has 3 aromatic rings. The number of amides is 1.